The maximum atomic E-state index is 2.49. The molecule has 69 heavy (non-hydrogen) atoms. The van der Waals surface area contributed by atoms with E-state index in [1.807, 2.05) is 0 Å². The van der Waals surface area contributed by atoms with Gasteiger partial charge in [0.05, 0.1) is 11.7 Å². The fourth-order valence-corrected chi connectivity index (χ4v) is 10.8. The molecule has 2 nitrogen and oxygen atoms in total. The van der Waals surface area contributed by atoms with E-state index in [1.54, 1.807) is 0 Å². The fraction of sp³-hybridized carbons (Fsp3) is 0.0746. The largest absolute Gasteiger partial charge is 0.334 e. The monoisotopic (exact) mass is 884 g/mol. The van der Waals surface area contributed by atoms with Crippen molar-refractivity contribution < 1.29 is 0 Å². The minimum atomic E-state index is -0.105. The molecule has 0 saturated carbocycles. The smallest absolute Gasteiger partial charge is 0.0560 e. The molecule has 0 radical (unpaired) electrons. The van der Waals surface area contributed by atoms with Gasteiger partial charge in [0.25, 0.3) is 0 Å². The highest BCUT2D eigenvalue weighted by molar-refractivity contribution is 5.99. The Morgan fingerprint density at radius 3 is 1.57 bits per heavy atom. The second kappa shape index (κ2) is 17.6. The molecule has 2 aliphatic carbocycles. The average Bonchev–Trinajstić information content (AvgIpc) is 3.65. The van der Waals surface area contributed by atoms with Crippen molar-refractivity contribution in [1.29, 1.82) is 0 Å². The van der Waals surface area contributed by atoms with Gasteiger partial charge in [0.2, 0.25) is 0 Å². The first-order chi connectivity index (χ1) is 34.0. The van der Waals surface area contributed by atoms with Crippen molar-refractivity contribution in [1.82, 2.24) is 0 Å². The minimum Gasteiger partial charge on any atom is -0.334 e. The van der Waals surface area contributed by atoms with Gasteiger partial charge in [-0.25, -0.2) is 0 Å². The van der Waals surface area contributed by atoms with Gasteiger partial charge in [0.15, 0.2) is 0 Å². The minimum absolute atomic E-state index is 0.105. The number of anilines is 5. The molecule has 0 bridgehead atoms. The molecule has 0 N–H and O–H groups in total. The molecule has 330 valence electrons. The van der Waals surface area contributed by atoms with Crippen LogP contribution in [0.2, 0.25) is 0 Å². The Bertz CT molecular complexity index is 3520. The molecule has 12 rings (SSSR count). The van der Waals surface area contributed by atoms with Crippen molar-refractivity contribution in [3.8, 4) is 44.5 Å². The van der Waals surface area contributed by atoms with Crippen LogP contribution in [-0.4, -0.2) is 6.04 Å². The lowest BCUT2D eigenvalue weighted by molar-refractivity contribution is 0.660. The predicted molar refractivity (Wildman–Crippen MR) is 293 cm³/mol. The normalized spacial score (nSPS) is 14.5. The van der Waals surface area contributed by atoms with Crippen molar-refractivity contribution in [3.63, 3.8) is 0 Å². The van der Waals surface area contributed by atoms with Crippen LogP contribution < -0.4 is 9.80 Å². The number of hydrogen-bond donors (Lipinski definition) is 0. The number of hydrogen-bond acceptors (Lipinski definition) is 2. The van der Waals surface area contributed by atoms with Gasteiger partial charge in [0.1, 0.15) is 0 Å². The van der Waals surface area contributed by atoms with Crippen LogP contribution in [-0.2, 0) is 5.41 Å². The van der Waals surface area contributed by atoms with Crippen LogP contribution in [0, 0.1) is 0 Å². The second-order valence-corrected chi connectivity index (χ2v) is 18.9. The third-order valence-corrected chi connectivity index (χ3v) is 14.4. The number of benzene rings is 10. The Kier molecular flexibility index (Phi) is 10.7. The summed E-state index contributed by atoms with van der Waals surface area (Å²) in [6, 6.07) is 88.9. The lowest BCUT2D eigenvalue weighted by Crippen LogP contribution is -2.30. The van der Waals surface area contributed by atoms with E-state index < -0.39 is 0 Å². The van der Waals surface area contributed by atoms with Crippen LogP contribution in [0.15, 0.2) is 261 Å². The van der Waals surface area contributed by atoms with Gasteiger partial charge < -0.3 is 9.80 Å². The second-order valence-electron chi connectivity index (χ2n) is 18.9. The molecule has 0 fully saturated rings. The van der Waals surface area contributed by atoms with Gasteiger partial charge in [-0.15, -0.1) is 0 Å². The summed E-state index contributed by atoms with van der Waals surface area (Å²) >= 11 is 0. The van der Waals surface area contributed by atoms with Crippen molar-refractivity contribution in [3.05, 3.63) is 278 Å². The van der Waals surface area contributed by atoms with Crippen LogP contribution in [0.4, 0.5) is 28.4 Å². The zero-order valence-corrected chi connectivity index (χ0v) is 39.0. The molecule has 0 spiro atoms. The third kappa shape index (κ3) is 7.84. The summed E-state index contributed by atoms with van der Waals surface area (Å²) in [6.07, 6.45) is 7.97. The maximum absolute atomic E-state index is 2.49. The molecule has 10 aromatic carbocycles. The molecule has 1 atom stereocenters. The number of fused-ring (bicyclic) bond motifs is 4. The van der Waals surface area contributed by atoms with Crippen LogP contribution in [0.25, 0.3) is 60.9 Å². The van der Waals surface area contributed by atoms with Crippen molar-refractivity contribution in [2.24, 2.45) is 0 Å². The molecule has 10 aromatic rings. The zero-order valence-electron chi connectivity index (χ0n) is 39.0. The van der Waals surface area contributed by atoms with E-state index in [1.165, 1.54) is 77.5 Å². The van der Waals surface area contributed by atoms with Gasteiger partial charge in [-0.05, 0) is 139 Å². The summed E-state index contributed by atoms with van der Waals surface area (Å²) in [5.74, 6) is 0. The molecule has 0 heterocycles. The number of rotatable bonds is 10. The molecular weight excluding hydrogens is 833 g/mol. The van der Waals surface area contributed by atoms with E-state index in [0.717, 1.165) is 34.9 Å². The molecule has 0 saturated heterocycles. The molecular formula is C67H52N2. The predicted octanol–water partition coefficient (Wildman–Crippen LogP) is 18.2. The first-order valence-electron chi connectivity index (χ1n) is 24.2. The van der Waals surface area contributed by atoms with Crippen molar-refractivity contribution >= 4 is 44.8 Å². The van der Waals surface area contributed by atoms with E-state index in [4.69, 9.17) is 0 Å². The van der Waals surface area contributed by atoms with Crippen molar-refractivity contribution in [2.75, 3.05) is 9.80 Å². The lowest BCUT2D eigenvalue weighted by atomic mass is 9.82. The first-order valence-corrected chi connectivity index (χ1v) is 24.2. The van der Waals surface area contributed by atoms with Gasteiger partial charge in [0, 0.05) is 33.6 Å². The highest BCUT2D eigenvalue weighted by atomic mass is 15.2. The highest BCUT2D eigenvalue weighted by Gasteiger charge is 2.36. The maximum Gasteiger partial charge on any atom is 0.0560 e. The van der Waals surface area contributed by atoms with Gasteiger partial charge in [-0.3, -0.25) is 0 Å². The molecule has 1 unspecified atom stereocenters. The van der Waals surface area contributed by atoms with E-state index in [9.17, 15) is 0 Å². The number of nitrogens with zero attached hydrogens (tertiary/aromatic N) is 2. The third-order valence-electron chi connectivity index (χ3n) is 14.4. The summed E-state index contributed by atoms with van der Waals surface area (Å²) in [5.41, 5.74) is 20.8. The zero-order chi connectivity index (χ0) is 46.3. The topological polar surface area (TPSA) is 6.48 Å². The Labute approximate surface area is 406 Å². The summed E-state index contributed by atoms with van der Waals surface area (Å²) in [7, 11) is 0. The summed E-state index contributed by atoms with van der Waals surface area (Å²) in [4.78, 5) is 4.93. The average molecular weight is 885 g/mol. The SMILES string of the molecule is CC1(C)c2ccccc2-c2ccc(N(c3ccc(-c4ccc(N(c5ccc(-c6ccccc6)cc5)C5C=CC(c6cccc(-c7ccccc7)c6)=CC5)cc4)cc3)c3cccc4ccccc34)cc21. The molecule has 2 heteroatoms. The molecule has 0 aliphatic heterocycles. The van der Waals surface area contributed by atoms with E-state index in [0.29, 0.717) is 0 Å². The Balaban J connectivity index is 0.867. The summed E-state index contributed by atoms with van der Waals surface area (Å²) in [6.45, 7) is 4.72. The Morgan fingerprint density at radius 2 is 0.899 bits per heavy atom. The van der Waals surface area contributed by atoms with Crippen LogP contribution in [0.1, 0.15) is 37.0 Å². The molecule has 0 aromatic heterocycles. The van der Waals surface area contributed by atoms with Gasteiger partial charge >= 0.3 is 0 Å². The van der Waals surface area contributed by atoms with E-state index >= 15 is 0 Å². The fourth-order valence-electron chi connectivity index (χ4n) is 10.8. The lowest BCUT2D eigenvalue weighted by Gasteiger charge is -2.33. The summed E-state index contributed by atoms with van der Waals surface area (Å²) in [5, 5.41) is 2.44. The van der Waals surface area contributed by atoms with Crippen LogP contribution >= 0.6 is 0 Å². The number of allylic oxidation sites excluding steroid dienone is 2. The van der Waals surface area contributed by atoms with Gasteiger partial charge in [-0.1, -0.05) is 214 Å². The van der Waals surface area contributed by atoms with Crippen LogP contribution in [0.3, 0.4) is 0 Å². The highest BCUT2D eigenvalue weighted by Crippen LogP contribution is 2.51. The Hall–Kier alpha value is -8.46. The van der Waals surface area contributed by atoms with Crippen LogP contribution in [0.5, 0.6) is 0 Å². The van der Waals surface area contributed by atoms with Gasteiger partial charge in [-0.2, -0.15) is 0 Å². The quantitative estimate of drug-likeness (QED) is 0.135. The standard InChI is InChI=1S/C67H52N2/c1-67(2)64-25-12-11-24-62(64)63-44-43-60(46-65(63)67)69(66-26-14-20-53-19-9-10-23-61(53)66)59-41-31-51(32-42-59)50-29-37-57(38-30-50)68(56-35-27-49(28-36-56)47-15-5-3-6-16-47)58-39-33-52(34-40-58)55-22-13-21-54(45-55)48-17-7-4-8-18-48/h3-39,41-46,58H,40H2,1-2H3. The molecule has 0 amide bonds. The van der Waals surface area contributed by atoms with Crippen molar-refractivity contribution in [2.45, 2.75) is 31.7 Å². The van der Waals surface area contributed by atoms with E-state index in [-0.39, 0.29) is 11.5 Å². The Morgan fingerprint density at radius 1 is 0.391 bits per heavy atom. The molecule has 2 aliphatic rings. The van der Waals surface area contributed by atoms with E-state index in [2.05, 4.69) is 285 Å². The summed E-state index contributed by atoms with van der Waals surface area (Å²) < 4.78 is 0. The first kappa shape index (κ1) is 41.9.